The van der Waals surface area contributed by atoms with Gasteiger partial charge in [-0.05, 0) is 60.2 Å². The Morgan fingerprint density at radius 3 is 2.62 bits per heavy atom. The van der Waals surface area contributed by atoms with Crippen LogP contribution >= 0.6 is 11.3 Å². The van der Waals surface area contributed by atoms with E-state index in [1.54, 1.807) is 0 Å². The van der Waals surface area contributed by atoms with Crippen molar-refractivity contribution < 1.29 is 4.79 Å². The van der Waals surface area contributed by atoms with Crippen LogP contribution in [-0.4, -0.2) is 17.4 Å². The minimum atomic E-state index is -0.0711. The first-order valence-electron chi connectivity index (χ1n) is 8.51. The molecule has 26 heavy (non-hydrogen) atoms. The topological polar surface area (TPSA) is 62.0 Å². The summed E-state index contributed by atoms with van der Waals surface area (Å²) in [6.07, 6.45) is 0. The van der Waals surface area contributed by atoms with Crippen LogP contribution in [0, 0.1) is 6.92 Å². The molecule has 0 atom stereocenters. The van der Waals surface area contributed by atoms with Gasteiger partial charge in [0.25, 0.3) is 11.5 Å². The molecule has 4 aromatic rings. The monoisotopic (exact) mass is 362 g/mol. The predicted octanol–water partition coefficient (Wildman–Crippen LogP) is 4.47. The van der Waals surface area contributed by atoms with Gasteiger partial charge in [-0.1, -0.05) is 18.2 Å². The van der Waals surface area contributed by atoms with E-state index in [0.717, 1.165) is 37.7 Å². The van der Waals surface area contributed by atoms with Gasteiger partial charge in [0, 0.05) is 28.4 Å². The number of rotatable bonds is 3. The van der Waals surface area contributed by atoms with Gasteiger partial charge in [-0.15, -0.1) is 11.3 Å². The minimum Gasteiger partial charge on any atom is -0.352 e. The van der Waals surface area contributed by atoms with E-state index in [1.165, 1.54) is 11.3 Å². The SMILES string of the molecule is CCNC(=O)c1ccc(-c2c(C)ccc3[nH]c(=O)c4sccc4c23)cc1. The highest BCUT2D eigenvalue weighted by molar-refractivity contribution is 7.17. The molecule has 2 heterocycles. The van der Waals surface area contributed by atoms with Crippen molar-refractivity contribution in [3.05, 3.63) is 69.3 Å². The molecule has 0 aliphatic carbocycles. The molecule has 5 heteroatoms. The zero-order valence-corrected chi connectivity index (χ0v) is 15.4. The third-order valence-electron chi connectivity index (χ3n) is 4.58. The first kappa shape index (κ1) is 16.5. The lowest BCUT2D eigenvalue weighted by Crippen LogP contribution is -2.22. The van der Waals surface area contributed by atoms with Crippen molar-refractivity contribution >= 4 is 38.2 Å². The van der Waals surface area contributed by atoms with Crippen molar-refractivity contribution in [1.82, 2.24) is 10.3 Å². The van der Waals surface area contributed by atoms with Gasteiger partial charge in [0.15, 0.2) is 0 Å². The van der Waals surface area contributed by atoms with E-state index in [9.17, 15) is 9.59 Å². The number of benzene rings is 2. The van der Waals surface area contributed by atoms with Gasteiger partial charge in [-0.2, -0.15) is 0 Å². The quantitative estimate of drug-likeness (QED) is 0.565. The zero-order chi connectivity index (χ0) is 18.3. The summed E-state index contributed by atoms with van der Waals surface area (Å²) in [5, 5.41) is 6.78. The number of thiophene rings is 1. The summed E-state index contributed by atoms with van der Waals surface area (Å²) in [5.74, 6) is -0.0711. The summed E-state index contributed by atoms with van der Waals surface area (Å²) in [7, 11) is 0. The predicted molar refractivity (Wildman–Crippen MR) is 108 cm³/mol. The number of pyridine rings is 1. The lowest BCUT2D eigenvalue weighted by atomic mass is 9.93. The molecule has 2 aromatic carbocycles. The Hall–Kier alpha value is -2.92. The number of carbonyl (C=O) groups excluding carboxylic acids is 1. The van der Waals surface area contributed by atoms with Crippen LogP contribution in [0.1, 0.15) is 22.8 Å². The maximum Gasteiger partial charge on any atom is 0.266 e. The molecule has 0 spiro atoms. The second-order valence-electron chi connectivity index (χ2n) is 6.23. The first-order chi connectivity index (χ1) is 12.6. The van der Waals surface area contributed by atoms with E-state index < -0.39 is 0 Å². The van der Waals surface area contributed by atoms with Crippen LogP contribution in [0.5, 0.6) is 0 Å². The molecule has 0 unspecified atom stereocenters. The second kappa shape index (κ2) is 6.42. The van der Waals surface area contributed by atoms with Crippen molar-refractivity contribution in [2.24, 2.45) is 0 Å². The molecular weight excluding hydrogens is 344 g/mol. The Bertz CT molecular complexity index is 1190. The maximum absolute atomic E-state index is 12.3. The van der Waals surface area contributed by atoms with Gasteiger partial charge in [-0.3, -0.25) is 9.59 Å². The molecule has 2 aromatic heterocycles. The number of nitrogens with one attached hydrogen (secondary N) is 2. The summed E-state index contributed by atoms with van der Waals surface area (Å²) in [6.45, 7) is 4.57. The van der Waals surface area contributed by atoms with E-state index in [0.29, 0.717) is 12.1 Å². The summed E-state index contributed by atoms with van der Waals surface area (Å²) >= 11 is 1.45. The fourth-order valence-corrected chi connectivity index (χ4v) is 4.17. The highest BCUT2D eigenvalue weighted by Gasteiger charge is 2.14. The number of H-pyrrole nitrogens is 1. The number of carbonyl (C=O) groups is 1. The van der Waals surface area contributed by atoms with Gasteiger partial charge in [-0.25, -0.2) is 0 Å². The Labute approximate surface area is 154 Å². The summed E-state index contributed by atoms with van der Waals surface area (Å²) in [4.78, 5) is 27.3. The van der Waals surface area contributed by atoms with Crippen LogP contribution in [0.25, 0.3) is 32.1 Å². The smallest absolute Gasteiger partial charge is 0.266 e. The van der Waals surface area contributed by atoms with Gasteiger partial charge in [0.2, 0.25) is 0 Å². The average Bonchev–Trinajstić information content (AvgIpc) is 3.13. The van der Waals surface area contributed by atoms with E-state index in [4.69, 9.17) is 0 Å². The lowest BCUT2D eigenvalue weighted by Gasteiger charge is -2.12. The summed E-state index contributed by atoms with van der Waals surface area (Å²) in [6, 6.07) is 13.6. The third-order valence-corrected chi connectivity index (χ3v) is 5.49. The largest absolute Gasteiger partial charge is 0.352 e. The number of aryl methyl sites for hydroxylation is 1. The zero-order valence-electron chi connectivity index (χ0n) is 14.6. The van der Waals surface area contributed by atoms with E-state index in [2.05, 4.69) is 17.2 Å². The number of hydrogen-bond acceptors (Lipinski definition) is 3. The van der Waals surface area contributed by atoms with Gasteiger partial charge < -0.3 is 10.3 Å². The molecule has 1 amide bonds. The van der Waals surface area contributed by atoms with Crippen molar-refractivity contribution in [1.29, 1.82) is 0 Å². The molecule has 2 N–H and O–H groups in total. The molecule has 0 aliphatic heterocycles. The maximum atomic E-state index is 12.3. The highest BCUT2D eigenvalue weighted by atomic mass is 32.1. The van der Waals surface area contributed by atoms with Gasteiger partial charge >= 0.3 is 0 Å². The number of amides is 1. The normalized spacial score (nSPS) is 11.2. The van der Waals surface area contributed by atoms with Crippen LogP contribution in [0.3, 0.4) is 0 Å². The molecule has 0 radical (unpaired) electrons. The van der Waals surface area contributed by atoms with E-state index in [-0.39, 0.29) is 11.5 Å². The Balaban J connectivity index is 1.96. The molecular formula is C21H18N2O2S. The lowest BCUT2D eigenvalue weighted by molar-refractivity contribution is 0.0956. The number of hydrogen-bond donors (Lipinski definition) is 2. The molecule has 0 fully saturated rings. The van der Waals surface area contributed by atoms with Crippen LogP contribution in [-0.2, 0) is 0 Å². The number of aromatic nitrogens is 1. The molecule has 130 valence electrons. The van der Waals surface area contributed by atoms with Crippen LogP contribution in [0.15, 0.2) is 52.6 Å². The fourth-order valence-electron chi connectivity index (χ4n) is 3.37. The van der Waals surface area contributed by atoms with Crippen LogP contribution < -0.4 is 10.9 Å². The molecule has 0 saturated heterocycles. The third kappa shape index (κ3) is 2.61. The highest BCUT2D eigenvalue weighted by Crippen LogP contribution is 2.36. The van der Waals surface area contributed by atoms with E-state index >= 15 is 0 Å². The van der Waals surface area contributed by atoms with Crippen molar-refractivity contribution in [3.63, 3.8) is 0 Å². The molecule has 4 nitrogen and oxygen atoms in total. The van der Waals surface area contributed by atoms with Gasteiger partial charge in [0.1, 0.15) is 4.70 Å². The molecule has 0 saturated carbocycles. The number of aromatic amines is 1. The minimum absolute atomic E-state index is 0.0520. The molecule has 0 bridgehead atoms. The second-order valence-corrected chi connectivity index (χ2v) is 7.15. The number of fused-ring (bicyclic) bond motifs is 3. The Morgan fingerprint density at radius 1 is 1.12 bits per heavy atom. The van der Waals surface area contributed by atoms with Crippen molar-refractivity contribution in [2.45, 2.75) is 13.8 Å². The van der Waals surface area contributed by atoms with Crippen LogP contribution in [0.2, 0.25) is 0 Å². The van der Waals surface area contributed by atoms with Crippen molar-refractivity contribution in [3.8, 4) is 11.1 Å². The summed E-state index contributed by atoms with van der Waals surface area (Å²) < 4.78 is 0.739. The first-order valence-corrected chi connectivity index (χ1v) is 9.39. The molecule has 4 rings (SSSR count). The Kier molecular flexibility index (Phi) is 4.09. The van der Waals surface area contributed by atoms with E-state index in [1.807, 2.05) is 54.8 Å². The standard InChI is InChI=1S/C21H18N2O2S/c1-3-22-20(24)14-7-5-13(6-8-14)17-12(2)4-9-16-18(17)15-10-11-26-19(15)21(25)23-16/h4-11H,3H2,1-2H3,(H,22,24)(H,23,25). The van der Waals surface area contributed by atoms with Gasteiger partial charge in [0.05, 0.1) is 0 Å². The fraction of sp³-hybridized carbons (Fsp3) is 0.143. The summed E-state index contributed by atoms with van der Waals surface area (Å²) in [5.41, 5.74) is 4.66. The van der Waals surface area contributed by atoms with Crippen molar-refractivity contribution in [2.75, 3.05) is 6.54 Å². The van der Waals surface area contributed by atoms with Crippen LogP contribution in [0.4, 0.5) is 0 Å². The molecule has 0 aliphatic rings. The Morgan fingerprint density at radius 2 is 1.88 bits per heavy atom. The average molecular weight is 362 g/mol.